The number of rotatable bonds is 49. The number of benzene rings is 3. The molecule has 4 aromatic heterocycles. The summed E-state index contributed by atoms with van der Waals surface area (Å²) in [7, 11) is 2.09. The van der Waals surface area contributed by atoms with Crippen LogP contribution in [0.1, 0.15) is 330 Å². The van der Waals surface area contributed by atoms with Crippen molar-refractivity contribution in [2.75, 3.05) is 0 Å². The van der Waals surface area contributed by atoms with Gasteiger partial charge in [-0.3, -0.25) is 0 Å². The maximum absolute atomic E-state index is 5.70. The fourth-order valence-electron chi connectivity index (χ4n) is 15.2. The van der Waals surface area contributed by atoms with Gasteiger partial charge in [-0.05, 0) is 126 Å². The molecule has 2 N–H and O–H groups in total. The second kappa shape index (κ2) is 43.7. The lowest BCUT2D eigenvalue weighted by Crippen LogP contribution is -2.25. The van der Waals surface area contributed by atoms with E-state index in [2.05, 4.69) is 188 Å². The molecule has 0 aliphatic carbocycles. The Labute approximate surface area is 589 Å². The quantitative estimate of drug-likeness (QED) is 0.0295. The minimum atomic E-state index is 0.936. The lowest BCUT2D eigenvalue weighted by atomic mass is 9.98. The molecular formula is C92H128N5+. The summed E-state index contributed by atoms with van der Waals surface area (Å²) in [6.45, 7) is 6.93. The van der Waals surface area contributed by atoms with Crippen LogP contribution in [0.5, 0.6) is 0 Å². The van der Waals surface area contributed by atoms with Crippen molar-refractivity contribution in [2.45, 2.75) is 310 Å². The van der Waals surface area contributed by atoms with Crippen molar-refractivity contribution in [3.63, 3.8) is 0 Å². The molecule has 3 aromatic carbocycles. The van der Waals surface area contributed by atoms with Gasteiger partial charge in [0.25, 0.3) is 0 Å². The van der Waals surface area contributed by atoms with Crippen LogP contribution in [-0.4, -0.2) is 19.9 Å². The lowest BCUT2D eigenvalue weighted by Gasteiger charge is -2.09. The highest BCUT2D eigenvalue weighted by Crippen LogP contribution is 2.39. The predicted molar refractivity (Wildman–Crippen MR) is 424 cm³/mol. The summed E-state index contributed by atoms with van der Waals surface area (Å²) < 4.78 is 2.11. The van der Waals surface area contributed by atoms with Crippen molar-refractivity contribution in [1.29, 1.82) is 0 Å². The van der Waals surface area contributed by atoms with Gasteiger partial charge in [-0.15, -0.1) is 0 Å². The number of hydrogen-bond donors (Lipinski definition) is 2. The third kappa shape index (κ3) is 25.0. The first kappa shape index (κ1) is 74.6. The van der Waals surface area contributed by atoms with Gasteiger partial charge < -0.3 is 9.97 Å². The molecule has 0 atom stereocenters. The first-order valence-corrected chi connectivity index (χ1v) is 40.4. The molecule has 0 spiro atoms. The summed E-state index contributed by atoms with van der Waals surface area (Å²) >= 11 is 0. The third-order valence-corrected chi connectivity index (χ3v) is 21.2. The molecule has 6 heterocycles. The Kier molecular flexibility index (Phi) is 33.6. The van der Waals surface area contributed by atoms with Gasteiger partial charge in [-0.1, -0.05) is 344 Å². The Morgan fingerprint density at radius 2 is 0.454 bits per heavy atom. The second-order valence-corrected chi connectivity index (χ2v) is 29.4. The van der Waals surface area contributed by atoms with E-state index in [9.17, 15) is 0 Å². The van der Waals surface area contributed by atoms with Gasteiger partial charge in [0.1, 0.15) is 7.05 Å². The van der Waals surface area contributed by atoms with Crippen molar-refractivity contribution in [2.24, 2.45) is 7.05 Å². The molecule has 0 radical (unpaired) electrons. The van der Waals surface area contributed by atoms with Gasteiger partial charge >= 0.3 is 0 Å². The van der Waals surface area contributed by atoms with E-state index in [-0.39, 0.29) is 0 Å². The Morgan fingerprint density at radius 3 is 0.722 bits per heavy atom. The van der Waals surface area contributed by atoms with E-state index < -0.39 is 0 Å². The topological polar surface area (TPSA) is 61.2 Å². The highest BCUT2D eigenvalue weighted by atomic mass is 14.9. The van der Waals surface area contributed by atoms with Gasteiger partial charge in [0, 0.05) is 56.5 Å². The predicted octanol–water partition coefficient (Wildman–Crippen LogP) is 28.2. The summed E-state index contributed by atoms with van der Waals surface area (Å²) in [6, 6.07) is 41.8. The minimum Gasteiger partial charge on any atom is -0.354 e. The van der Waals surface area contributed by atoms with Crippen molar-refractivity contribution in [3.05, 3.63) is 161 Å². The molecular weight excluding hydrogens is 1180 g/mol. The number of nitrogens with zero attached hydrogens (tertiary/aromatic N) is 3. The highest BCUT2D eigenvalue weighted by molar-refractivity contribution is 6.00. The van der Waals surface area contributed by atoms with Gasteiger partial charge in [-0.25, -0.2) is 14.5 Å². The van der Waals surface area contributed by atoms with Gasteiger partial charge in [-0.2, -0.15) is 0 Å². The zero-order chi connectivity index (χ0) is 67.2. The van der Waals surface area contributed by atoms with Crippen molar-refractivity contribution >= 4 is 46.4 Å². The smallest absolute Gasteiger partial charge is 0.169 e. The van der Waals surface area contributed by atoms with Gasteiger partial charge in [0.05, 0.1) is 22.8 Å². The Balaban J connectivity index is 0.973. The molecule has 97 heavy (non-hydrogen) atoms. The molecule has 0 saturated carbocycles. The number of fused-ring (bicyclic) bond motifs is 8. The van der Waals surface area contributed by atoms with E-state index in [4.69, 9.17) is 9.97 Å². The number of hydrogen-bond acceptors (Lipinski definition) is 2. The molecule has 2 aliphatic rings. The van der Waals surface area contributed by atoms with E-state index in [1.807, 2.05) is 0 Å². The molecule has 2 aliphatic heterocycles. The summed E-state index contributed by atoms with van der Waals surface area (Å²) in [4.78, 5) is 19.5. The van der Waals surface area contributed by atoms with E-state index in [0.29, 0.717) is 0 Å². The standard InChI is InChI=1S/C92H127N5/c1-5-8-11-14-17-20-23-26-29-32-35-38-41-44-47-74-50-56-77(57-51-74)89-81-62-64-83(93-81)90(78-58-52-75(53-59-78)48-45-42-39-36-33-30-27-24-21-18-15-12-9-6-2)85-66-68-87(95-85)92(80-70-72-97(4)73-71-80)88-69-67-86(96-88)91(84-65-63-82(89)94-84)79-60-54-76(55-61-79)49-46-43-40-37-34-31-28-25-22-19-16-13-10-7-3/h50-73H,5-49H2,1-4H3,(H,93,94,95,96)/p+1. The maximum Gasteiger partial charge on any atom is 0.169 e. The molecule has 0 unspecified atom stereocenters. The van der Waals surface area contributed by atoms with Gasteiger partial charge in [0.15, 0.2) is 12.4 Å². The lowest BCUT2D eigenvalue weighted by molar-refractivity contribution is -0.671. The largest absolute Gasteiger partial charge is 0.354 e. The van der Waals surface area contributed by atoms with Crippen LogP contribution in [0.25, 0.3) is 90.9 Å². The molecule has 8 bridgehead atoms. The zero-order valence-electron chi connectivity index (χ0n) is 61.5. The zero-order valence-corrected chi connectivity index (χ0v) is 61.5. The number of aromatic nitrogens is 5. The fourth-order valence-corrected chi connectivity index (χ4v) is 15.2. The average molecular weight is 1300 g/mol. The fraction of sp³-hybridized carbons (Fsp3) is 0.533. The molecule has 5 heteroatoms. The van der Waals surface area contributed by atoms with Crippen LogP contribution in [0, 0.1) is 0 Å². The van der Waals surface area contributed by atoms with Gasteiger partial charge in [0.2, 0.25) is 0 Å². The average Bonchev–Trinajstić information content (AvgIpc) is 1.63. The number of aromatic amines is 2. The summed E-state index contributed by atoms with van der Waals surface area (Å²) in [6.07, 6.45) is 74.6. The summed E-state index contributed by atoms with van der Waals surface area (Å²) in [5.74, 6) is 0. The van der Waals surface area contributed by atoms with Crippen LogP contribution in [0.4, 0.5) is 0 Å². The normalized spacial score (nSPS) is 12.0. The highest BCUT2D eigenvalue weighted by Gasteiger charge is 2.21. The van der Waals surface area contributed by atoms with Crippen LogP contribution in [0.15, 0.2) is 122 Å². The first-order valence-electron chi connectivity index (χ1n) is 40.4. The SMILES string of the molecule is CCCCCCCCCCCCCCCCc1ccc(-c2c3nc(c(-c4ccc(CCCCCCCCCCCCCCCC)cc4)c4ccc([nH]4)c(-c4cc[n+](C)cc4)c4ccc([nH]4)c(-c4ccc(CCCCCCCCCCCCCCCC)cc4)c4nc2C=C4)C=C3)cc1. The number of pyridine rings is 1. The van der Waals surface area contributed by atoms with E-state index >= 15 is 0 Å². The number of aryl methyl sites for hydroxylation is 4. The first-order chi connectivity index (χ1) is 48.0. The summed E-state index contributed by atoms with van der Waals surface area (Å²) in [5.41, 5.74) is 21.1. The third-order valence-electron chi connectivity index (χ3n) is 21.2. The Hall–Kier alpha value is -6.59. The number of nitrogens with one attached hydrogen (secondary N) is 2. The van der Waals surface area contributed by atoms with Crippen LogP contribution in [0.3, 0.4) is 0 Å². The van der Waals surface area contributed by atoms with Crippen molar-refractivity contribution < 1.29 is 4.57 Å². The van der Waals surface area contributed by atoms with Crippen LogP contribution < -0.4 is 4.57 Å². The molecule has 0 fully saturated rings. The second-order valence-electron chi connectivity index (χ2n) is 29.4. The summed E-state index contributed by atoms with van der Waals surface area (Å²) in [5, 5.41) is 0. The van der Waals surface area contributed by atoms with Crippen LogP contribution in [-0.2, 0) is 26.3 Å². The monoisotopic (exact) mass is 1300 g/mol. The maximum atomic E-state index is 5.70. The Bertz CT molecular complexity index is 3380. The molecule has 7 aromatic rings. The van der Waals surface area contributed by atoms with Crippen LogP contribution >= 0.6 is 0 Å². The van der Waals surface area contributed by atoms with Crippen LogP contribution in [0.2, 0.25) is 0 Å². The number of unbranched alkanes of at least 4 members (excludes halogenated alkanes) is 39. The minimum absolute atomic E-state index is 0.936. The molecule has 0 amide bonds. The van der Waals surface area contributed by atoms with E-state index in [0.717, 1.165) is 109 Å². The molecule has 520 valence electrons. The van der Waals surface area contributed by atoms with E-state index in [1.165, 1.54) is 286 Å². The molecule has 9 rings (SSSR count). The molecule has 0 saturated heterocycles. The number of H-pyrrole nitrogens is 2. The van der Waals surface area contributed by atoms with Crippen molar-refractivity contribution in [1.82, 2.24) is 19.9 Å². The van der Waals surface area contributed by atoms with Crippen molar-refractivity contribution in [3.8, 4) is 44.5 Å². The Morgan fingerprint density at radius 1 is 0.237 bits per heavy atom. The molecule has 5 nitrogen and oxygen atoms in total. The van der Waals surface area contributed by atoms with E-state index in [1.54, 1.807) is 0 Å².